The second kappa shape index (κ2) is 14.4. The van der Waals surface area contributed by atoms with Crippen molar-refractivity contribution in [2.45, 2.75) is 0 Å². The maximum absolute atomic E-state index is 5.22. The fraction of sp³-hybridized carbons (Fsp3) is 0. The molecular formula is C53H35N3. The SMILES string of the molecule is c1ccc(-c2ccc(-c3cc(-c4ccc(-c5cc(-c6ccccc6)c6c(ccc7ccccc76)n5)cc4)nc(-c4ccc(-c5ccccc5)cc4)n3)cc2)cc1. The van der Waals surface area contributed by atoms with Crippen LogP contribution in [0.1, 0.15) is 0 Å². The van der Waals surface area contributed by atoms with Crippen molar-refractivity contribution in [2.75, 3.05) is 0 Å². The highest BCUT2D eigenvalue weighted by Crippen LogP contribution is 2.37. The number of aromatic nitrogens is 3. The molecule has 3 nitrogen and oxygen atoms in total. The average Bonchev–Trinajstić information content (AvgIpc) is 3.29. The minimum absolute atomic E-state index is 0.684. The van der Waals surface area contributed by atoms with Crippen molar-refractivity contribution in [2.24, 2.45) is 0 Å². The van der Waals surface area contributed by atoms with Crippen molar-refractivity contribution in [1.29, 1.82) is 0 Å². The van der Waals surface area contributed by atoms with Gasteiger partial charge in [0, 0.05) is 27.6 Å². The summed E-state index contributed by atoms with van der Waals surface area (Å²) in [6.07, 6.45) is 0. The fourth-order valence-corrected chi connectivity index (χ4v) is 7.59. The quantitative estimate of drug-likeness (QED) is 0.154. The van der Waals surface area contributed by atoms with Crippen LogP contribution < -0.4 is 0 Å². The van der Waals surface area contributed by atoms with E-state index in [0.29, 0.717) is 5.82 Å². The molecule has 0 aliphatic rings. The van der Waals surface area contributed by atoms with E-state index >= 15 is 0 Å². The van der Waals surface area contributed by atoms with E-state index in [4.69, 9.17) is 15.0 Å². The van der Waals surface area contributed by atoms with Crippen LogP contribution >= 0.6 is 0 Å². The summed E-state index contributed by atoms with van der Waals surface area (Å²) >= 11 is 0. The van der Waals surface area contributed by atoms with E-state index in [0.717, 1.165) is 50.4 Å². The summed E-state index contributed by atoms with van der Waals surface area (Å²) in [5.74, 6) is 0.684. The number of hydrogen-bond acceptors (Lipinski definition) is 3. The Morgan fingerprint density at radius 1 is 0.268 bits per heavy atom. The van der Waals surface area contributed by atoms with Gasteiger partial charge in [0.05, 0.1) is 22.6 Å². The van der Waals surface area contributed by atoms with Gasteiger partial charge in [-0.05, 0) is 62.4 Å². The topological polar surface area (TPSA) is 38.7 Å². The Labute approximate surface area is 326 Å². The lowest BCUT2D eigenvalue weighted by atomic mass is 9.94. The van der Waals surface area contributed by atoms with Gasteiger partial charge in [-0.25, -0.2) is 15.0 Å². The van der Waals surface area contributed by atoms with E-state index in [9.17, 15) is 0 Å². The standard InChI is InChI=1S/C53H35N3/c1-4-12-36(13-5-1)38-20-24-43(25-21-38)50-35-51(56-53(55-50)45-30-22-39(23-31-45)37-14-6-2-7-15-37)44-28-26-42(27-29-44)49-34-47(40-16-8-3-9-17-40)52-46-19-11-10-18-41(46)32-33-48(52)54-49/h1-35H. The molecule has 0 spiro atoms. The minimum atomic E-state index is 0.684. The number of fused-ring (bicyclic) bond motifs is 3. The largest absolute Gasteiger partial charge is 0.248 e. The Kier molecular flexibility index (Phi) is 8.51. The molecule has 0 atom stereocenters. The van der Waals surface area contributed by atoms with Crippen molar-refractivity contribution in [3.05, 3.63) is 212 Å². The van der Waals surface area contributed by atoms with Crippen LogP contribution in [0.25, 0.3) is 100 Å². The molecule has 56 heavy (non-hydrogen) atoms. The third-order valence-electron chi connectivity index (χ3n) is 10.5. The highest BCUT2D eigenvalue weighted by Gasteiger charge is 2.15. The molecule has 0 N–H and O–H groups in total. The molecular weight excluding hydrogens is 679 g/mol. The highest BCUT2D eigenvalue weighted by atomic mass is 14.9. The van der Waals surface area contributed by atoms with Crippen LogP contribution in [0, 0.1) is 0 Å². The zero-order valence-electron chi connectivity index (χ0n) is 30.5. The maximum atomic E-state index is 5.22. The number of benzene rings is 8. The Hall–Kier alpha value is -7.49. The van der Waals surface area contributed by atoms with Crippen molar-refractivity contribution in [3.63, 3.8) is 0 Å². The second-order valence-electron chi connectivity index (χ2n) is 14.0. The molecule has 8 aromatic carbocycles. The first-order chi connectivity index (χ1) is 27.7. The van der Waals surface area contributed by atoms with Gasteiger partial charge in [0.15, 0.2) is 5.82 Å². The van der Waals surface area contributed by atoms with Crippen LogP contribution in [0.3, 0.4) is 0 Å². The molecule has 0 amide bonds. The molecule has 3 heteroatoms. The summed E-state index contributed by atoms with van der Waals surface area (Å²) in [7, 11) is 0. The van der Waals surface area contributed by atoms with E-state index in [2.05, 4.69) is 200 Å². The van der Waals surface area contributed by atoms with Gasteiger partial charge in [-0.15, -0.1) is 0 Å². The van der Waals surface area contributed by atoms with Crippen molar-refractivity contribution in [1.82, 2.24) is 15.0 Å². The first kappa shape index (κ1) is 33.1. The summed E-state index contributed by atoms with van der Waals surface area (Å²) in [4.78, 5) is 15.5. The highest BCUT2D eigenvalue weighted by molar-refractivity contribution is 6.13. The zero-order chi connectivity index (χ0) is 37.3. The van der Waals surface area contributed by atoms with Gasteiger partial charge < -0.3 is 0 Å². The van der Waals surface area contributed by atoms with Gasteiger partial charge in [0.2, 0.25) is 0 Å². The maximum Gasteiger partial charge on any atom is 0.160 e. The van der Waals surface area contributed by atoms with Crippen LogP contribution in [-0.2, 0) is 0 Å². The van der Waals surface area contributed by atoms with E-state index in [1.165, 1.54) is 44.0 Å². The molecule has 0 radical (unpaired) electrons. The molecule has 2 aromatic heterocycles. The Bertz CT molecular complexity index is 2860. The molecule has 0 aliphatic heterocycles. The fourth-order valence-electron chi connectivity index (χ4n) is 7.59. The van der Waals surface area contributed by atoms with Gasteiger partial charge in [0.25, 0.3) is 0 Å². The Balaban J connectivity index is 1.06. The van der Waals surface area contributed by atoms with Crippen molar-refractivity contribution < 1.29 is 0 Å². The number of pyridine rings is 1. The normalized spacial score (nSPS) is 11.2. The monoisotopic (exact) mass is 713 g/mol. The average molecular weight is 714 g/mol. The third kappa shape index (κ3) is 6.42. The van der Waals surface area contributed by atoms with Gasteiger partial charge >= 0.3 is 0 Å². The number of hydrogen-bond donors (Lipinski definition) is 0. The van der Waals surface area contributed by atoms with Crippen LogP contribution in [0.15, 0.2) is 212 Å². The molecule has 262 valence electrons. The molecule has 0 saturated heterocycles. The molecule has 10 rings (SSSR count). The first-order valence-corrected chi connectivity index (χ1v) is 18.9. The summed E-state index contributed by atoms with van der Waals surface area (Å²) in [5.41, 5.74) is 14.7. The molecule has 2 heterocycles. The smallest absolute Gasteiger partial charge is 0.160 e. The van der Waals surface area contributed by atoms with Crippen molar-refractivity contribution >= 4 is 21.7 Å². The first-order valence-electron chi connectivity index (χ1n) is 18.9. The predicted molar refractivity (Wildman–Crippen MR) is 233 cm³/mol. The summed E-state index contributed by atoms with van der Waals surface area (Å²) in [5, 5.41) is 3.58. The van der Waals surface area contributed by atoms with E-state index in [1.807, 2.05) is 12.1 Å². The van der Waals surface area contributed by atoms with E-state index in [-0.39, 0.29) is 0 Å². The summed E-state index contributed by atoms with van der Waals surface area (Å²) in [6.45, 7) is 0. The lowest BCUT2D eigenvalue weighted by Gasteiger charge is -2.14. The van der Waals surface area contributed by atoms with Gasteiger partial charge in [0.1, 0.15) is 0 Å². The molecule has 0 aliphatic carbocycles. The minimum Gasteiger partial charge on any atom is -0.248 e. The van der Waals surface area contributed by atoms with Crippen LogP contribution in [0.4, 0.5) is 0 Å². The van der Waals surface area contributed by atoms with Gasteiger partial charge in [-0.1, -0.05) is 194 Å². The number of rotatable bonds is 7. The van der Waals surface area contributed by atoms with E-state index in [1.54, 1.807) is 0 Å². The predicted octanol–water partition coefficient (Wildman–Crippen LogP) is 13.8. The lowest BCUT2D eigenvalue weighted by molar-refractivity contribution is 1.18. The van der Waals surface area contributed by atoms with Crippen LogP contribution in [0.2, 0.25) is 0 Å². The summed E-state index contributed by atoms with van der Waals surface area (Å²) < 4.78 is 0. The Morgan fingerprint density at radius 2 is 0.679 bits per heavy atom. The van der Waals surface area contributed by atoms with Gasteiger partial charge in [-0.3, -0.25) is 0 Å². The summed E-state index contributed by atoms with van der Waals surface area (Å²) in [6, 6.07) is 74.5. The third-order valence-corrected chi connectivity index (χ3v) is 10.5. The molecule has 10 aromatic rings. The van der Waals surface area contributed by atoms with Crippen molar-refractivity contribution in [3.8, 4) is 78.5 Å². The van der Waals surface area contributed by atoms with Gasteiger partial charge in [-0.2, -0.15) is 0 Å². The molecule has 0 unspecified atom stereocenters. The molecule has 0 bridgehead atoms. The zero-order valence-corrected chi connectivity index (χ0v) is 30.5. The molecule has 0 saturated carbocycles. The van der Waals surface area contributed by atoms with Crippen LogP contribution in [-0.4, -0.2) is 15.0 Å². The van der Waals surface area contributed by atoms with Crippen LogP contribution in [0.5, 0.6) is 0 Å². The Morgan fingerprint density at radius 3 is 1.21 bits per heavy atom. The molecule has 0 fully saturated rings. The number of nitrogens with zero attached hydrogens (tertiary/aromatic N) is 3. The van der Waals surface area contributed by atoms with E-state index < -0.39 is 0 Å². The lowest BCUT2D eigenvalue weighted by Crippen LogP contribution is -1.96. The second-order valence-corrected chi connectivity index (χ2v) is 14.0.